The second kappa shape index (κ2) is 12.7. The topological polar surface area (TPSA) is 82.1 Å². The van der Waals surface area contributed by atoms with E-state index in [1.165, 1.54) is 4.74 Å². The molecule has 0 radical (unpaired) electrons. The Morgan fingerprint density at radius 1 is 0.641 bits per heavy atom. The van der Waals surface area contributed by atoms with Gasteiger partial charge in [0.15, 0.2) is 0 Å². The fraction of sp³-hybridized carbons (Fsp3) is 1.00. The Morgan fingerprint density at radius 2 is 1.10 bits per heavy atom. The van der Waals surface area contributed by atoms with E-state index < -0.39 is 84.1 Å². The first-order valence-electron chi connectivity index (χ1n) is 9.92. The van der Waals surface area contributed by atoms with Crippen LogP contribution in [0.2, 0.25) is 0 Å². The zero-order valence-electron chi connectivity index (χ0n) is 18.7. The van der Waals surface area contributed by atoms with Crippen molar-refractivity contribution >= 4 is 10.1 Å². The van der Waals surface area contributed by atoms with Crippen molar-refractivity contribution in [3.63, 3.8) is 0 Å². The van der Waals surface area contributed by atoms with E-state index in [1.54, 1.807) is 0 Å². The highest BCUT2D eigenvalue weighted by Crippen LogP contribution is 2.55. The summed E-state index contributed by atoms with van der Waals surface area (Å²) >= 11 is 0. The van der Waals surface area contributed by atoms with Crippen LogP contribution in [-0.2, 0) is 24.3 Å². The zero-order chi connectivity index (χ0) is 31.4. The summed E-state index contributed by atoms with van der Waals surface area (Å²) in [6.07, 6.45) is -37.7. The summed E-state index contributed by atoms with van der Waals surface area (Å²) in [5.41, 5.74) is 0. The molecular weight excluding hydrogens is 624 g/mol. The van der Waals surface area contributed by atoms with Crippen LogP contribution in [0.15, 0.2) is 0 Å². The van der Waals surface area contributed by atoms with Gasteiger partial charge in [-0.2, -0.15) is 74.3 Å². The summed E-state index contributed by atoms with van der Waals surface area (Å²) in [4.78, 5) is 0. The maximum absolute atomic E-state index is 13.6. The average molecular weight is 642 g/mol. The van der Waals surface area contributed by atoms with E-state index in [-0.39, 0.29) is 25.7 Å². The van der Waals surface area contributed by atoms with Gasteiger partial charge in [-0.3, -0.25) is 4.55 Å². The van der Waals surface area contributed by atoms with Crippen molar-refractivity contribution in [3.8, 4) is 0 Å². The van der Waals surface area contributed by atoms with Crippen molar-refractivity contribution < 1.29 is 97.4 Å². The lowest BCUT2D eigenvalue weighted by molar-refractivity contribution is -0.543. The molecule has 23 heteroatoms. The first kappa shape index (κ1) is 37.7. The summed E-state index contributed by atoms with van der Waals surface area (Å²) in [6.45, 7) is -3.84. The zero-order valence-corrected chi connectivity index (χ0v) is 19.5. The Morgan fingerprint density at radius 3 is 1.56 bits per heavy atom. The standard InChI is InChI=1S/C16H18F16O6S/c17-9(5-3-1-2-4-6-39(33,34)35)7-36-8-10(18,19)37-15(29,30)16(31,32)38-14(27,28)12(22,23)11(20,21)13(24,25)26/h9H,1-8H2,(H,33,34,35)/t9-/m1/s1. The Kier molecular flexibility index (Phi) is 12.2. The van der Waals surface area contributed by atoms with Crippen LogP contribution in [0.1, 0.15) is 32.1 Å². The minimum Gasteiger partial charge on any atom is -0.369 e. The van der Waals surface area contributed by atoms with Gasteiger partial charge in [0, 0.05) is 0 Å². The number of ether oxygens (including phenoxy) is 3. The highest BCUT2D eigenvalue weighted by atomic mass is 32.2. The highest BCUT2D eigenvalue weighted by Gasteiger charge is 2.85. The van der Waals surface area contributed by atoms with Gasteiger partial charge in [0.25, 0.3) is 10.1 Å². The van der Waals surface area contributed by atoms with Gasteiger partial charge >= 0.3 is 42.5 Å². The molecule has 0 fully saturated rings. The van der Waals surface area contributed by atoms with Crippen LogP contribution in [0, 0.1) is 0 Å². The Bertz CT molecular complexity index is 876. The SMILES string of the molecule is O=S(=O)(O)CCCCCC[C@@H](F)COCC(F)(F)OC(F)(F)C(F)(F)OC(F)(F)C(F)(F)C(F)(F)C(F)(F)F. The van der Waals surface area contributed by atoms with E-state index in [0.29, 0.717) is 0 Å². The number of alkyl halides is 16. The van der Waals surface area contributed by atoms with Crippen molar-refractivity contribution in [1.29, 1.82) is 0 Å². The largest absolute Gasteiger partial charge is 0.460 e. The third-order valence-electron chi connectivity index (χ3n) is 4.23. The second-order valence-electron chi connectivity index (χ2n) is 7.64. The summed E-state index contributed by atoms with van der Waals surface area (Å²) < 4.78 is 244. The first-order chi connectivity index (χ1) is 17.0. The van der Waals surface area contributed by atoms with Crippen molar-refractivity contribution in [2.24, 2.45) is 0 Å². The first-order valence-corrected chi connectivity index (χ1v) is 11.5. The maximum Gasteiger partial charge on any atom is 0.460 e. The number of hydrogen-bond acceptors (Lipinski definition) is 5. The van der Waals surface area contributed by atoms with E-state index in [2.05, 4.69) is 9.47 Å². The van der Waals surface area contributed by atoms with Gasteiger partial charge in [-0.25, -0.2) is 13.9 Å². The minimum absolute atomic E-state index is 0.0171. The minimum atomic E-state index is -7.96. The monoisotopic (exact) mass is 642 g/mol. The average Bonchev–Trinajstić information content (AvgIpc) is 2.66. The maximum atomic E-state index is 13.6. The molecule has 0 aromatic carbocycles. The third kappa shape index (κ3) is 10.9. The fourth-order valence-corrected chi connectivity index (χ4v) is 2.88. The van der Waals surface area contributed by atoms with Crippen molar-refractivity contribution in [2.45, 2.75) is 80.7 Å². The molecule has 0 spiro atoms. The van der Waals surface area contributed by atoms with E-state index in [4.69, 9.17) is 4.55 Å². The number of unbranched alkanes of at least 4 members (excludes halogenated alkanes) is 3. The molecule has 0 aliphatic carbocycles. The van der Waals surface area contributed by atoms with Gasteiger partial charge in [0.05, 0.1) is 12.4 Å². The van der Waals surface area contributed by atoms with Gasteiger partial charge in [0.1, 0.15) is 12.8 Å². The van der Waals surface area contributed by atoms with Gasteiger partial charge < -0.3 is 4.74 Å². The Labute approximate surface area is 208 Å². The fourth-order valence-electron chi connectivity index (χ4n) is 2.31. The molecule has 0 aromatic rings. The van der Waals surface area contributed by atoms with Gasteiger partial charge in [-0.15, -0.1) is 0 Å². The predicted octanol–water partition coefficient (Wildman–Crippen LogP) is 6.42. The predicted molar refractivity (Wildman–Crippen MR) is 93.1 cm³/mol. The molecular formula is C16H18F16O6S. The smallest absolute Gasteiger partial charge is 0.369 e. The molecule has 236 valence electrons. The molecule has 0 saturated heterocycles. The normalized spacial score (nSPS) is 16.0. The molecule has 0 heterocycles. The van der Waals surface area contributed by atoms with Crippen LogP contribution in [0.4, 0.5) is 70.2 Å². The van der Waals surface area contributed by atoms with Crippen LogP contribution in [-0.4, -0.2) is 80.6 Å². The molecule has 0 aliphatic heterocycles. The molecule has 0 unspecified atom stereocenters. The lowest BCUT2D eigenvalue weighted by atomic mass is 10.1. The second-order valence-corrected chi connectivity index (χ2v) is 9.21. The van der Waals surface area contributed by atoms with Crippen molar-refractivity contribution in [1.82, 2.24) is 0 Å². The van der Waals surface area contributed by atoms with E-state index in [1.807, 2.05) is 0 Å². The van der Waals surface area contributed by atoms with E-state index in [0.717, 1.165) is 0 Å². The van der Waals surface area contributed by atoms with E-state index >= 15 is 0 Å². The van der Waals surface area contributed by atoms with Crippen molar-refractivity contribution in [2.75, 3.05) is 19.0 Å². The molecule has 39 heavy (non-hydrogen) atoms. The number of rotatable bonds is 18. The number of hydrogen-bond donors (Lipinski definition) is 1. The van der Waals surface area contributed by atoms with Crippen LogP contribution >= 0.6 is 0 Å². The van der Waals surface area contributed by atoms with Gasteiger partial charge in [-0.1, -0.05) is 19.3 Å². The Balaban J connectivity index is 5.03. The molecule has 1 atom stereocenters. The third-order valence-corrected chi connectivity index (χ3v) is 5.03. The van der Waals surface area contributed by atoms with Crippen LogP contribution in [0.5, 0.6) is 0 Å². The van der Waals surface area contributed by atoms with Crippen LogP contribution < -0.4 is 0 Å². The van der Waals surface area contributed by atoms with Crippen LogP contribution in [0.25, 0.3) is 0 Å². The molecule has 1 N–H and O–H groups in total. The van der Waals surface area contributed by atoms with E-state index in [9.17, 15) is 78.7 Å². The van der Waals surface area contributed by atoms with Crippen LogP contribution in [0.3, 0.4) is 0 Å². The summed E-state index contributed by atoms with van der Waals surface area (Å²) in [5, 5.41) is 0. The lowest BCUT2D eigenvalue weighted by Gasteiger charge is -2.36. The molecule has 0 saturated carbocycles. The molecule has 0 amide bonds. The van der Waals surface area contributed by atoms with Crippen molar-refractivity contribution in [3.05, 3.63) is 0 Å². The highest BCUT2D eigenvalue weighted by molar-refractivity contribution is 7.85. The van der Waals surface area contributed by atoms with Gasteiger partial charge in [-0.05, 0) is 12.8 Å². The van der Waals surface area contributed by atoms with Gasteiger partial charge in [0.2, 0.25) is 0 Å². The number of halogens is 16. The summed E-state index contributed by atoms with van der Waals surface area (Å²) in [7, 11) is -4.23. The lowest BCUT2D eigenvalue weighted by Crippen LogP contribution is -2.64. The molecule has 0 aromatic heterocycles. The molecule has 6 nitrogen and oxygen atoms in total. The summed E-state index contributed by atoms with van der Waals surface area (Å²) in [5.74, 6) is -16.4. The summed E-state index contributed by atoms with van der Waals surface area (Å²) in [6, 6.07) is 0. The molecule has 0 aliphatic rings. The molecule has 0 bridgehead atoms. The molecule has 0 rings (SSSR count). The Hall–Kier alpha value is -1.33. The quantitative estimate of drug-likeness (QED) is 0.106.